The predicted octanol–water partition coefficient (Wildman–Crippen LogP) is 2.92. The van der Waals surface area contributed by atoms with Gasteiger partial charge < -0.3 is 0 Å². The lowest BCUT2D eigenvalue weighted by atomic mass is 10.1. The van der Waals surface area contributed by atoms with Crippen LogP contribution in [0.25, 0.3) is 39.3 Å². The summed E-state index contributed by atoms with van der Waals surface area (Å²) in [5, 5.41) is 4.74. The van der Waals surface area contributed by atoms with Crippen LogP contribution >= 0.6 is 0 Å². The van der Waals surface area contributed by atoms with Crippen LogP contribution in [0.4, 0.5) is 0 Å². The van der Waals surface area contributed by atoms with Crippen LogP contribution in [0, 0.1) is 6.92 Å². The van der Waals surface area contributed by atoms with Crippen molar-refractivity contribution in [2.45, 2.75) is 6.92 Å². The lowest BCUT2D eigenvalue weighted by Gasteiger charge is -2.07. The molecule has 0 bridgehead atoms. The third-order valence-corrected chi connectivity index (χ3v) is 5.58. The molecule has 5 aromatic rings. The number of aromatic nitrogens is 6. The Bertz CT molecular complexity index is 1500. The van der Waals surface area contributed by atoms with Crippen molar-refractivity contribution < 1.29 is 8.42 Å². The first-order chi connectivity index (χ1) is 13.9. The SMILES string of the molecule is Cc1cccc(-c2nc3ncccn3c2-c2ccc3c(cnn3S(C)(=O)=O)c2)n1. The third kappa shape index (κ3) is 2.87. The van der Waals surface area contributed by atoms with Crippen LogP contribution in [-0.4, -0.2) is 43.2 Å². The zero-order valence-corrected chi connectivity index (χ0v) is 16.5. The molecule has 0 aliphatic heterocycles. The highest BCUT2D eigenvalue weighted by Gasteiger charge is 2.19. The molecule has 5 rings (SSSR count). The predicted molar refractivity (Wildman–Crippen MR) is 110 cm³/mol. The van der Waals surface area contributed by atoms with Crippen molar-refractivity contribution >= 4 is 26.7 Å². The molecule has 4 heterocycles. The zero-order chi connectivity index (χ0) is 20.2. The number of hydrogen-bond donors (Lipinski definition) is 0. The lowest BCUT2D eigenvalue weighted by molar-refractivity contribution is 0.588. The second kappa shape index (κ2) is 6.21. The Hall–Kier alpha value is -3.59. The molecule has 0 amide bonds. The van der Waals surface area contributed by atoms with Crippen molar-refractivity contribution in [2.75, 3.05) is 6.26 Å². The van der Waals surface area contributed by atoms with E-state index in [0.717, 1.165) is 38.4 Å². The molecule has 8 nitrogen and oxygen atoms in total. The number of fused-ring (bicyclic) bond motifs is 2. The minimum Gasteiger partial charge on any atom is -0.283 e. The molecule has 0 unspecified atom stereocenters. The topological polar surface area (TPSA) is 95.0 Å². The Morgan fingerprint density at radius 1 is 1.03 bits per heavy atom. The third-order valence-electron chi connectivity index (χ3n) is 4.66. The summed E-state index contributed by atoms with van der Waals surface area (Å²) < 4.78 is 26.8. The maximum absolute atomic E-state index is 11.9. The fourth-order valence-electron chi connectivity index (χ4n) is 3.44. The standard InChI is InChI=1S/C20H16N6O2S/c1-13-5-3-6-16(23-13)18-19(25-10-4-9-21-20(25)24-18)14-7-8-17-15(11-14)12-22-26(17)29(2,27)28/h3-12H,1-2H3. The molecule has 0 aliphatic carbocycles. The summed E-state index contributed by atoms with van der Waals surface area (Å²) in [6.07, 6.45) is 6.27. The Balaban J connectivity index is 1.79. The van der Waals surface area contributed by atoms with Gasteiger partial charge in [-0.3, -0.25) is 9.38 Å². The largest absolute Gasteiger partial charge is 0.283 e. The minimum absolute atomic E-state index is 0.526. The number of aryl methyl sites for hydroxylation is 1. The molecular weight excluding hydrogens is 388 g/mol. The first-order valence-electron chi connectivity index (χ1n) is 8.87. The van der Waals surface area contributed by atoms with Crippen molar-refractivity contribution in [1.82, 2.24) is 28.5 Å². The Morgan fingerprint density at radius 3 is 2.69 bits per heavy atom. The zero-order valence-electron chi connectivity index (χ0n) is 15.7. The Kier molecular flexibility index (Phi) is 3.75. The molecule has 0 aliphatic rings. The molecule has 0 saturated heterocycles. The Labute approximate surface area is 166 Å². The van der Waals surface area contributed by atoms with E-state index in [2.05, 4.69) is 15.1 Å². The number of imidazole rings is 1. The van der Waals surface area contributed by atoms with Crippen LogP contribution in [0.2, 0.25) is 0 Å². The smallest absolute Gasteiger partial charge is 0.251 e. The van der Waals surface area contributed by atoms with Crippen LogP contribution in [0.5, 0.6) is 0 Å². The fourth-order valence-corrected chi connectivity index (χ4v) is 4.18. The van der Waals surface area contributed by atoms with Gasteiger partial charge in [0.15, 0.2) is 0 Å². The fraction of sp³-hybridized carbons (Fsp3) is 0.100. The van der Waals surface area contributed by atoms with Gasteiger partial charge in [0.1, 0.15) is 5.69 Å². The molecule has 9 heteroatoms. The summed E-state index contributed by atoms with van der Waals surface area (Å²) in [5.41, 5.74) is 4.58. The summed E-state index contributed by atoms with van der Waals surface area (Å²) in [5.74, 6) is 0.563. The summed E-state index contributed by atoms with van der Waals surface area (Å²) >= 11 is 0. The van der Waals surface area contributed by atoms with E-state index in [0.29, 0.717) is 17.0 Å². The molecule has 0 N–H and O–H groups in total. The second-order valence-corrected chi connectivity index (χ2v) is 8.60. The number of benzene rings is 1. The van der Waals surface area contributed by atoms with Gasteiger partial charge in [0.25, 0.3) is 10.0 Å². The lowest BCUT2D eigenvalue weighted by Crippen LogP contribution is -2.11. The molecule has 0 radical (unpaired) electrons. The van der Waals surface area contributed by atoms with Crippen molar-refractivity contribution in [1.29, 1.82) is 0 Å². The number of nitrogens with zero attached hydrogens (tertiary/aromatic N) is 6. The van der Waals surface area contributed by atoms with Gasteiger partial charge in [-0.25, -0.2) is 18.4 Å². The molecule has 144 valence electrons. The van der Waals surface area contributed by atoms with Gasteiger partial charge in [0.05, 0.1) is 29.4 Å². The maximum atomic E-state index is 11.9. The quantitative estimate of drug-likeness (QED) is 0.459. The van der Waals surface area contributed by atoms with Gasteiger partial charge in [-0.15, -0.1) is 0 Å². The molecule has 0 atom stereocenters. The van der Waals surface area contributed by atoms with Crippen LogP contribution in [0.15, 0.2) is 61.1 Å². The van der Waals surface area contributed by atoms with E-state index < -0.39 is 10.0 Å². The van der Waals surface area contributed by atoms with E-state index in [1.165, 1.54) is 0 Å². The summed E-state index contributed by atoms with van der Waals surface area (Å²) in [4.78, 5) is 13.7. The first kappa shape index (κ1) is 17.5. The van der Waals surface area contributed by atoms with E-state index in [9.17, 15) is 8.42 Å². The van der Waals surface area contributed by atoms with Crippen LogP contribution in [0.3, 0.4) is 0 Å². The summed E-state index contributed by atoms with van der Waals surface area (Å²) in [6, 6.07) is 13.1. The number of rotatable bonds is 3. The molecule has 0 fully saturated rings. The van der Waals surface area contributed by atoms with E-state index in [1.54, 1.807) is 18.5 Å². The first-order valence-corrected chi connectivity index (χ1v) is 10.7. The van der Waals surface area contributed by atoms with Crippen molar-refractivity contribution in [3.8, 4) is 22.6 Å². The van der Waals surface area contributed by atoms with E-state index in [-0.39, 0.29) is 0 Å². The molecule has 0 saturated carbocycles. The maximum Gasteiger partial charge on any atom is 0.251 e. The summed E-state index contributed by atoms with van der Waals surface area (Å²) in [7, 11) is -3.48. The molecule has 29 heavy (non-hydrogen) atoms. The number of hydrogen-bond acceptors (Lipinski definition) is 6. The van der Waals surface area contributed by atoms with Crippen LogP contribution < -0.4 is 0 Å². The normalized spacial score (nSPS) is 12.1. The van der Waals surface area contributed by atoms with Crippen LogP contribution in [-0.2, 0) is 10.0 Å². The van der Waals surface area contributed by atoms with Gasteiger partial charge in [0.2, 0.25) is 5.78 Å². The van der Waals surface area contributed by atoms with Gasteiger partial charge in [-0.2, -0.15) is 9.19 Å². The average molecular weight is 404 g/mol. The average Bonchev–Trinajstić information content (AvgIpc) is 3.28. The minimum atomic E-state index is -3.48. The number of pyridine rings is 1. The molecule has 0 spiro atoms. The molecule has 1 aromatic carbocycles. The molecule has 4 aromatic heterocycles. The second-order valence-electron chi connectivity index (χ2n) is 6.79. The van der Waals surface area contributed by atoms with Crippen LogP contribution in [0.1, 0.15) is 5.69 Å². The van der Waals surface area contributed by atoms with Gasteiger partial charge in [0, 0.05) is 29.0 Å². The van der Waals surface area contributed by atoms with Crippen molar-refractivity contribution in [3.05, 3.63) is 66.7 Å². The van der Waals surface area contributed by atoms with E-state index >= 15 is 0 Å². The highest BCUT2D eigenvalue weighted by Crippen LogP contribution is 2.33. The monoisotopic (exact) mass is 404 g/mol. The van der Waals surface area contributed by atoms with E-state index in [1.807, 2.05) is 53.9 Å². The summed E-state index contributed by atoms with van der Waals surface area (Å²) in [6.45, 7) is 1.93. The van der Waals surface area contributed by atoms with Crippen molar-refractivity contribution in [3.63, 3.8) is 0 Å². The highest BCUT2D eigenvalue weighted by molar-refractivity contribution is 7.89. The van der Waals surface area contributed by atoms with Gasteiger partial charge >= 0.3 is 0 Å². The molecular formula is C20H16N6O2S. The van der Waals surface area contributed by atoms with Gasteiger partial charge in [-0.05, 0) is 37.3 Å². The van der Waals surface area contributed by atoms with E-state index in [4.69, 9.17) is 4.98 Å². The van der Waals surface area contributed by atoms with Crippen molar-refractivity contribution in [2.24, 2.45) is 0 Å². The Morgan fingerprint density at radius 2 is 1.90 bits per heavy atom. The van der Waals surface area contributed by atoms with Gasteiger partial charge in [-0.1, -0.05) is 12.1 Å². The highest BCUT2D eigenvalue weighted by atomic mass is 32.2.